The van der Waals surface area contributed by atoms with Crippen molar-refractivity contribution in [3.8, 4) is 0 Å². The Bertz CT molecular complexity index is 184. The van der Waals surface area contributed by atoms with Gasteiger partial charge in [0.1, 0.15) is 0 Å². The summed E-state index contributed by atoms with van der Waals surface area (Å²) in [6.07, 6.45) is 1.33. The standard InChI is InChI=1S/C9H13I2/c1-5-4-6(2)9(11)7(3)8(5)10/h5-6H,4H2,1-3H3. The molecule has 1 radical (unpaired) electrons. The van der Waals surface area contributed by atoms with Crippen LogP contribution in [0.2, 0.25) is 0 Å². The van der Waals surface area contributed by atoms with Gasteiger partial charge in [-0.2, -0.15) is 0 Å². The highest BCUT2D eigenvalue weighted by atomic mass is 127. The molecule has 0 fully saturated rings. The molecule has 0 amide bonds. The molecule has 0 aromatic carbocycles. The van der Waals surface area contributed by atoms with E-state index in [4.69, 9.17) is 0 Å². The van der Waals surface area contributed by atoms with Gasteiger partial charge in [0.05, 0.1) is 3.92 Å². The molecule has 0 spiro atoms. The van der Waals surface area contributed by atoms with Gasteiger partial charge in [0, 0.05) is 0 Å². The van der Waals surface area contributed by atoms with Crippen LogP contribution in [0.15, 0.2) is 9.15 Å². The number of rotatable bonds is 0. The van der Waals surface area contributed by atoms with Crippen molar-refractivity contribution < 1.29 is 0 Å². The van der Waals surface area contributed by atoms with Crippen molar-refractivity contribution >= 4 is 45.2 Å². The van der Waals surface area contributed by atoms with Gasteiger partial charge in [-0.1, -0.05) is 36.4 Å². The van der Waals surface area contributed by atoms with Gasteiger partial charge in [0.25, 0.3) is 0 Å². The monoisotopic (exact) mass is 375 g/mol. The smallest absolute Gasteiger partial charge is 0.0649 e. The summed E-state index contributed by atoms with van der Waals surface area (Å²) in [5.41, 5.74) is 1.53. The maximum atomic E-state index is 2.49. The quantitative estimate of drug-likeness (QED) is 0.553. The van der Waals surface area contributed by atoms with E-state index in [-0.39, 0.29) is 0 Å². The third kappa shape index (κ3) is 2.11. The first-order chi connectivity index (χ1) is 5.04. The molecule has 11 heavy (non-hydrogen) atoms. The maximum Gasteiger partial charge on any atom is 0.0649 e. The average Bonchev–Trinajstić information content (AvgIpc) is 1.97. The zero-order valence-corrected chi connectivity index (χ0v) is 11.4. The summed E-state index contributed by atoms with van der Waals surface area (Å²) < 4.78 is 3.12. The molecular weight excluding hydrogens is 362 g/mol. The molecule has 2 atom stereocenters. The van der Waals surface area contributed by atoms with E-state index in [1.807, 2.05) is 0 Å². The van der Waals surface area contributed by atoms with Crippen LogP contribution in [0, 0.1) is 15.8 Å². The predicted molar refractivity (Wildman–Crippen MR) is 66.9 cm³/mol. The highest BCUT2D eigenvalue weighted by Gasteiger charge is 2.27. The average molecular weight is 375 g/mol. The second-order valence-electron chi connectivity index (χ2n) is 3.36. The van der Waals surface area contributed by atoms with E-state index in [1.165, 1.54) is 12.0 Å². The molecule has 1 aliphatic carbocycles. The summed E-state index contributed by atoms with van der Waals surface area (Å²) in [6, 6.07) is 0. The molecule has 0 aromatic heterocycles. The third-order valence-electron chi connectivity index (χ3n) is 2.29. The Balaban J connectivity index is 2.89. The minimum Gasteiger partial charge on any atom is -0.0719 e. The highest BCUT2D eigenvalue weighted by Crippen LogP contribution is 2.45. The predicted octanol–water partition coefficient (Wildman–Crippen LogP) is 4.34. The number of halogens is 2. The Hall–Kier alpha value is 1.20. The largest absolute Gasteiger partial charge is 0.0719 e. The van der Waals surface area contributed by atoms with E-state index < -0.39 is 0 Å². The van der Waals surface area contributed by atoms with Gasteiger partial charge >= 0.3 is 0 Å². The molecule has 0 aromatic rings. The van der Waals surface area contributed by atoms with E-state index in [1.54, 1.807) is 7.50 Å². The number of allylic oxidation sites excluding steroid dienone is 2. The highest BCUT2D eigenvalue weighted by molar-refractivity contribution is 14.1. The lowest BCUT2D eigenvalue weighted by molar-refractivity contribution is 0.491. The SMILES string of the molecule is CC1=C(I)C(C)CC(C)[C]1I. The first kappa shape index (κ1) is 10.3. The van der Waals surface area contributed by atoms with Gasteiger partial charge in [0.15, 0.2) is 0 Å². The zero-order chi connectivity index (χ0) is 8.59. The third-order valence-corrected chi connectivity index (χ3v) is 6.03. The van der Waals surface area contributed by atoms with Gasteiger partial charge in [-0.05, 0) is 56.9 Å². The number of hydrogen-bond acceptors (Lipinski definition) is 0. The van der Waals surface area contributed by atoms with Gasteiger partial charge in [0.2, 0.25) is 0 Å². The van der Waals surface area contributed by atoms with Crippen LogP contribution in [0.5, 0.6) is 0 Å². The second-order valence-corrected chi connectivity index (χ2v) is 5.68. The molecule has 0 saturated heterocycles. The van der Waals surface area contributed by atoms with E-state index in [2.05, 4.69) is 66.0 Å². The van der Waals surface area contributed by atoms with Crippen molar-refractivity contribution in [3.05, 3.63) is 13.1 Å². The van der Waals surface area contributed by atoms with Crippen molar-refractivity contribution in [2.75, 3.05) is 0 Å². The fraction of sp³-hybridized carbons (Fsp3) is 0.667. The van der Waals surface area contributed by atoms with Gasteiger partial charge in [-0.15, -0.1) is 0 Å². The van der Waals surface area contributed by atoms with E-state index in [9.17, 15) is 0 Å². The molecule has 1 rings (SSSR count). The maximum absolute atomic E-state index is 2.49. The first-order valence-electron chi connectivity index (χ1n) is 3.93. The molecule has 0 heterocycles. The zero-order valence-electron chi connectivity index (χ0n) is 7.12. The Kier molecular flexibility index (Phi) is 3.68. The summed E-state index contributed by atoms with van der Waals surface area (Å²) >= 11 is 4.98. The topological polar surface area (TPSA) is 0 Å². The molecule has 2 heteroatoms. The number of hydrogen-bond donors (Lipinski definition) is 0. The fourth-order valence-electron chi connectivity index (χ4n) is 1.59. The van der Waals surface area contributed by atoms with E-state index in [0.717, 1.165) is 11.8 Å². The Labute approximate surface area is 96.5 Å². The summed E-state index contributed by atoms with van der Waals surface area (Å²) in [7, 11) is 0. The van der Waals surface area contributed by atoms with Crippen molar-refractivity contribution in [3.63, 3.8) is 0 Å². The summed E-state index contributed by atoms with van der Waals surface area (Å²) in [4.78, 5) is 0. The van der Waals surface area contributed by atoms with Gasteiger partial charge < -0.3 is 0 Å². The van der Waals surface area contributed by atoms with E-state index >= 15 is 0 Å². The van der Waals surface area contributed by atoms with E-state index in [0.29, 0.717) is 0 Å². The first-order valence-corrected chi connectivity index (χ1v) is 6.08. The lowest BCUT2D eigenvalue weighted by atomic mass is 9.85. The lowest BCUT2D eigenvalue weighted by Crippen LogP contribution is -2.16. The molecule has 0 saturated carbocycles. The molecule has 63 valence electrons. The van der Waals surface area contributed by atoms with Gasteiger partial charge in [-0.3, -0.25) is 0 Å². The molecule has 1 aliphatic rings. The summed E-state index contributed by atoms with van der Waals surface area (Å²) in [5.74, 6) is 1.56. The summed E-state index contributed by atoms with van der Waals surface area (Å²) in [6.45, 7) is 6.89. The lowest BCUT2D eigenvalue weighted by Gasteiger charge is -2.29. The minimum absolute atomic E-state index is 0.782. The molecule has 0 N–H and O–H groups in total. The molecular formula is C9H13I2. The minimum atomic E-state index is 0.782. The Morgan fingerprint density at radius 1 is 1.18 bits per heavy atom. The van der Waals surface area contributed by atoms with Crippen LogP contribution in [0.3, 0.4) is 0 Å². The van der Waals surface area contributed by atoms with Crippen LogP contribution in [-0.4, -0.2) is 0 Å². The van der Waals surface area contributed by atoms with Gasteiger partial charge in [-0.25, -0.2) is 0 Å². The summed E-state index contributed by atoms with van der Waals surface area (Å²) in [5, 5.41) is 0. The van der Waals surface area contributed by atoms with Crippen LogP contribution in [-0.2, 0) is 0 Å². The van der Waals surface area contributed by atoms with Crippen LogP contribution < -0.4 is 0 Å². The van der Waals surface area contributed by atoms with Crippen LogP contribution in [0.4, 0.5) is 0 Å². The van der Waals surface area contributed by atoms with Crippen molar-refractivity contribution in [1.29, 1.82) is 0 Å². The molecule has 2 unspecified atom stereocenters. The normalized spacial score (nSPS) is 34.6. The molecule has 0 bridgehead atoms. The Morgan fingerprint density at radius 3 is 2.27 bits per heavy atom. The fourth-order valence-corrected chi connectivity index (χ4v) is 3.20. The molecule has 0 aliphatic heterocycles. The van der Waals surface area contributed by atoms with Crippen molar-refractivity contribution in [2.45, 2.75) is 27.2 Å². The van der Waals surface area contributed by atoms with Crippen molar-refractivity contribution in [2.24, 2.45) is 11.8 Å². The van der Waals surface area contributed by atoms with Crippen LogP contribution in [0.1, 0.15) is 27.2 Å². The van der Waals surface area contributed by atoms with Crippen molar-refractivity contribution in [1.82, 2.24) is 0 Å². The Morgan fingerprint density at radius 2 is 1.73 bits per heavy atom. The van der Waals surface area contributed by atoms with Crippen LogP contribution in [0.25, 0.3) is 0 Å². The second kappa shape index (κ2) is 3.94. The van der Waals surface area contributed by atoms with Crippen LogP contribution >= 0.6 is 45.2 Å². The molecule has 0 nitrogen and oxygen atoms in total.